The number of anilines is 2. The van der Waals surface area contributed by atoms with E-state index < -0.39 is 0 Å². The Labute approximate surface area is 122 Å². The molecule has 3 aromatic rings. The first kappa shape index (κ1) is 13.1. The zero-order chi connectivity index (χ0) is 14.7. The molecule has 0 radical (unpaired) electrons. The van der Waals surface area contributed by atoms with Crippen molar-refractivity contribution in [3.63, 3.8) is 0 Å². The molecule has 1 aromatic heterocycles. The van der Waals surface area contributed by atoms with Gasteiger partial charge < -0.3 is 10.6 Å². The number of para-hydroxylation sites is 1. The van der Waals surface area contributed by atoms with Gasteiger partial charge in [-0.3, -0.25) is 0 Å². The predicted octanol–water partition coefficient (Wildman–Crippen LogP) is 1.88. The topological polar surface area (TPSA) is 72.9 Å². The molecule has 0 fully saturated rings. The summed E-state index contributed by atoms with van der Waals surface area (Å²) < 4.78 is 1.71. The van der Waals surface area contributed by atoms with E-state index in [4.69, 9.17) is 5.73 Å². The van der Waals surface area contributed by atoms with Crippen LogP contribution in [0, 0.1) is 0 Å². The van der Waals surface area contributed by atoms with Crippen LogP contribution in [-0.2, 0) is 6.54 Å². The fourth-order valence-electron chi connectivity index (χ4n) is 2.19. The van der Waals surface area contributed by atoms with E-state index in [0.717, 1.165) is 16.9 Å². The Kier molecular flexibility index (Phi) is 3.51. The molecule has 0 amide bonds. The molecule has 21 heavy (non-hydrogen) atoms. The highest BCUT2D eigenvalue weighted by atomic mass is 15.6. The van der Waals surface area contributed by atoms with Crippen molar-refractivity contribution in [3.8, 4) is 5.69 Å². The van der Waals surface area contributed by atoms with Crippen molar-refractivity contribution >= 4 is 11.6 Å². The molecule has 0 aliphatic heterocycles. The fraction of sp³-hybridized carbons (Fsp3) is 0.133. The van der Waals surface area contributed by atoms with Crippen LogP contribution in [-0.4, -0.2) is 27.3 Å². The second-order valence-electron chi connectivity index (χ2n) is 4.83. The maximum absolute atomic E-state index is 5.81. The van der Waals surface area contributed by atoms with Crippen molar-refractivity contribution < 1.29 is 0 Å². The van der Waals surface area contributed by atoms with Crippen LogP contribution in [0.15, 0.2) is 54.6 Å². The Morgan fingerprint density at radius 2 is 1.90 bits per heavy atom. The van der Waals surface area contributed by atoms with Crippen molar-refractivity contribution in [1.29, 1.82) is 0 Å². The van der Waals surface area contributed by atoms with E-state index in [1.165, 1.54) is 0 Å². The Morgan fingerprint density at radius 3 is 2.67 bits per heavy atom. The van der Waals surface area contributed by atoms with Crippen molar-refractivity contribution in [3.05, 3.63) is 60.2 Å². The molecule has 0 bridgehead atoms. The van der Waals surface area contributed by atoms with E-state index in [-0.39, 0.29) is 0 Å². The summed E-state index contributed by atoms with van der Waals surface area (Å²) in [5.41, 5.74) is 8.60. The van der Waals surface area contributed by atoms with Crippen LogP contribution in [0.2, 0.25) is 0 Å². The van der Waals surface area contributed by atoms with Gasteiger partial charge in [-0.05, 0) is 40.3 Å². The first-order valence-corrected chi connectivity index (χ1v) is 6.63. The standard InChI is InChI=1S/C15H16N6/c1-20(11-12-6-5-7-13(16)10-12)15-17-18-19-21(15)14-8-3-2-4-9-14/h2-10H,11,16H2,1H3. The molecular weight excluding hydrogens is 264 g/mol. The number of hydrogen-bond donors (Lipinski definition) is 1. The van der Waals surface area contributed by atoms with Gasteiger partial charge in [0.05, 0.1) is 5.69 Å². The summed E-state index contributed by atoms with van der Waals surface area (Å²) >= 11 is 0. The third-order valence-corrected chi connectivity index (χ3v) is 3.17. The van der Waals surface area contributed by atoms with Crippen molar-refractivity contribution in [2.75, 3.05) is 17.7 Å². The molecule has 0 saturated heterocycles. The monoisotopic (exact) mass is 280 g/mol. The molecule has 0 spiro atoms. The van der Waals surface area contributed by atoms with Crippen molar-refractivity contribution in [2.45, 2.75) is 6.54 Å². The fourth-order valence-corrected chi connectivity index (χ4v) is 2.19. The molecular formula is C15H16N6. The highest BCUT2D eigenvalue weighted by Crippen LogP contribution is 2.17. The molecule has 2 N–H and O–H groups in total. The van der Waals surface area contributed by atoms with Crippen LogP contribution in [0.4, 0.5) is 11.6 Å². The second-order valence-corrected chi connectivity index (χ2v) is 4.83. The first-order valence-electron chi connectivity index (χ1n) is 6.63. The lowest BCUT2D eigenvalue weighted by atomic mass is 10.2. The number of nitrogens with two attached hydrogens (primary N) is 1. The molecule has 1 heterocycles. The number of benzene rings is 2. The number of nitrogens with zero attached hydrogens (tertiary/aromatic N) is 5. The van der Waals surface area contributed by atoms with Gasteiger partial charge in [0.1, 0.15) is 0 Å². The zero-order valence-electron chi connectivity index (χ0n) is 11.7. The molecule has 106 valence electrons. The first-order chi connectivity index (χ1) is 10.2. The maximum atomic E-state index is 5.81. The molecule has 0 aliphatic rings. The summed E-state index contributed by atoms with van der Waals surface area (Å²) in [5, 5.41) is 11.9. The smallest absolute Gasteiger partial charge is 0.250 e. The third-order valence-electron chi connectivity index (χ3n) is 3.17. The number of aromatic nitrogens is 4. The molecule has 0 saturated carbocycles. The van der Waals surface area contributed by atoms with Crippen molar-refractivity contribution in [1.82, 2.24) is 20.2 Å². The SMILES string of the molecule is CN(Cc1cccc(N)c1)c1nnnn1-c1ccccc1. The Morgan fingerprint density at radius 1 is 1.10 bits per heavy atom. The van der Waals surface area contributed by atoms with Crippen LogP contribution in [0.3, 0.4) is 0 Å². The predicted molar refractivity (Wildman–Crippen MR) is 82.1 cm³/mol. The normalized spacial score (nSPS) is 10.5. The molecule has 2 aromatic carbocycles. The molecule has 0 unspecified atom stereocenters. The van der Waals surface area contributed by atoms with Crippen LogP contribution in [0.25, 0.3) is 5.69 Å². The van der Waals surface area contributed by atoms with Gasteiger partial charge in [0, 0.05) is 19.3 Å². The largest absolute Gasteiger partial charge is 0.399 e. The lowest BCUT2D eigenvalue weighted by molar-refractivity contribution is 0.771. The minimum absolute atomic E-state index is 0.679. The number of hydrogen-bond acceptors (Lipinski definition) is 5. The molecule has 6 heteroatoms. The van der Waals surface area contributed by atoms with Crippen LogP contribution in [0.5, 0.6) is 0 Å². The van der Waals surface area contributed by atoms with Gasteiger partial charge in [0.25, 0.3) is 0 Å². The van der Waals surface area contributed by atoms with Crippen LogP contribution >= 0.6 is 0 Å². The molecule has 3 rings (SSSR count). The quantitative estimate of drug-likeness (QED) is 0.739. The average Bonchev–Trinajstić information content (AvgIpc) is 2.98. The Balaban J connectivity index is 1.86. The van der Waals surface area contributed by atoms with Crippen molar-refractivity contribution in [2.24, 2.45) is 0 Å². The lowest BCUT2D eigenvalue weighted by Gasteiger charge is -2.18. The van der Waals surface area contributed by atoms with Gasteiger partial charge >= 0.3 is 0 Å². The zero-order valence-corrected chi connectivity index (χ0v) is 11.7. The highest BCUT2D eigenvalue weighted by Gasteiger charge is 2.13. The van der Waals surface area contributed by atoms with Crippen LogP contribution in [0.1, 0.15) is 5.56 Å². The Bertz CT molecular complexity index is 722. The minimum atomic E-state index is 0.679. The third kappa shape index (κ3) is 2.84. The van der Waals surface area contributed by atoms with Gasteiger partial charge in [-0.15, -0.1) is 0 Å². The summed E-state index contributed by atoms with van der Waals surface area (Å²) in [5.74, 6) is 0.684. The van der Waals surface area contributed by atoms with Gasteiger partial charge in [-0.2, -0.15) is 4.68 Å². The summed E-state index contributed by atoms with van der Waals surface area (Å²) in [6.45, 7) is 0.679. The van der Waals surface area contributed by atoms with E-state index in [1.54, 1.807) is 4.68 Å². The Hall–Kier alpha value is -2.89. The van der Waals surface area contributed by atoms with E-state index in [0.29, 0.717) is 12.5 Å². The van der Waals surface area contributed by atoms with E-state index >= 15 is 0 Å². The number of tetrazole rings is 1. The van der Waals surface area contributed by atoms with E-state index in [2.05, 4.69) is 15.5 Å². The van der Waals surface area contributed by atoms with Crippen LogP contribution < -0.4 is 10.6 Å². The summed E-state index contributed by atoms with van der Waals surface area (Å²) in [7, 11) is 1.95. The van der Waals surface area contributed by atoms with E-state index in [9.17, 15) is 0 Å². The van der Waals surface area contributed by atoms with E-state index in [1.807, 2.05) is 66.5 Å². The number of nitrogen functional groups attached to an aromatic ring is 1. The van der Waals surface area contributed by atoms with Gasteiger partial charge in [0.15, 0.2) is 0 Å². The summed E-state index contributed by atoms with van der Waals surface area (Å²) in [4.78, 5) is 1.99. The molecule has 0 atom stereocenters. The van der Waals surface area contributed by atoms with Gasteiger partial charge in [-0.25, -0.2) is 0 Å². The highest BCUT2D eigenvalue weighted by molar-refractivity contribution is 5.44. The summed E-state index contributed by atoms with van der Waals surface area (Å²) in [6, 6.07) is 17.6. The van der Waals surface area contributed by atoms with Gasteiger partial charge in [0.2, 0.25) is 5.95 Å². The average molecular weight is 280 g/mol. The maximum Gasteiger partial charge on any atom is 0.250 e. The molecule has 0 aliphatic carbocycles. The molecule has 6 nitrogen and oxygen atoms in total. The van der Waals surface area contributed by atoms with Gasteiger partial charge in [-0.1, -0.05) is 35.4 Å². The minimum Gasteiger partial charge on any atom is -0.399 e. The second kappa shape index (κ2) is 5.62. The number of rotatable bonds is 4. The lowest BCUT2D eigenvalue weighted by Crippen LogP contribution is -2.20. The summed E-state index contributed by atoms with van der Waals surface area (Å²) in [6.07, 6.45) is 0.